The molecule has 1 heterocycles. The van der Waals surface area contributed by atoms with Crippen LogP contribution in [0.25, 0.3) is 21.8 Å². The number of methoxy groups -OCH3 is 1. The Hall–Kier alpha value is -4.12. The maximum atomic E-state index is 5.87. The second-order valence-corrected chi connectivity index (χ2v) is 8.18. The summed E-state index contributed by atoms with van der Waals surface area (Å²) in [5.41, 5.74) is 13.4. The van der Waals surface area contributed by atoms with E-state index in [2.05, 4.69) is 65.2 Å². The monoisotopic (exact) mass is 436 g/mol. The molecule has 0 bridgehead atoms. The molecule has 166 valence electrons. The summed E-state index contributed by atoms with van der Waals surface area (Å²) in [6.45, 7) is 3.11. The van der Waals surface area contributed by atoms with Crippen LogP contribution in [0.5, 0.6) is 5.75 Å². The first-order chi connectivity index (χ1) is 16.1. The molecule has 0 unspecified atom stereocenters. The Kier molecular flexibility index (Phi) is 5.31. The molecule has 0 saturated heterocycles. The lowest BCUT2D eigenvalue weighted by Crippen LogP contribution is -2.09. The highest BCUT2D eigenvalue weighted by molar-refractivity contribution is 6.10. The highest BCUT2D eigenvalue weighted by Crippen LogP contribution is 2.35. The van der Waals surface area contributed by atoms with Gasteiger partial charge in [0.25, 0.3) is 0 Å². The Morgan fingerprint density at radius 1 is 0.788 bits per heavy atom. The molecule has 5 aromatic rings. The average molecular weight is 437 g/mol. The Labute approximate surface area is 194 Å². The van der Waals surface area contributed by atoms with E-state index in [1.165, 1.54) is 21.8 Å². The molecule has 4 aromatic carbocycles. The lowest BCUT2D eigenvalue weighted by atomic mass is 10.1. The maximum absolute atomic E-state index is 5.87. The summed E-state index contributed by atoms with van der Waals surface area (Å²) in [4.78, 5) is 2.19. The fourth-order valence-corrected chi connectivity index (χ4v) is 4.41. The molecule has 0 saturated carbocycles. The van der Waals surface area contributed by atoms with Crippen LogP contribution in [0.15, 0.2) is 84.9 Å². The lowest BCUT2D eigenvalue weighted by molar-refractivity contribution is 0.415. The van der Waals surface area contributed by atoms with E-state index in [0.717, 1.165) is 40.7 Å². The van der Waals surface area contributed by atoms with E-state index in [1.54, 1.807) is 7.11 Å². The fraction of sp³-hybridized carbons (Fsp3) is 0.143. The van der Waals surface area contributed by atoms with E-state index in [-0.39, 0.29) is 0 Å². The maximum Gasteiger partial charge on any atom is 0.119 e. The second kappa shape index (κ2) is 8.43. The van der Waals surface area contributed by atoms with Gasteiger partial charge in [-0.3, -0.25) is 0 Å². The smallest absolute Gasteiger partial charge is 0.119 e. The number of benzene rings is 4. The molecular formula is C28H28N4O. The number of aromatic nitrogens is 1. The summed E-state index contributed by atoms with van der Waals surface area (Å²) in [5.74, 6) is 0.847. The molecule has 3 N–H and O–H groups in total. The van der Waals surface area contributed by atoms with Crippen molar-refractivity contribution in [2.45, 2.75) is 13.5 Å². The average Bonchev–Trinajstić information content (AvgIpc) is 3.17. The van der Waals surface area contributed by atoms with Crippen LogP contribution in [-0.2, 0) is 6.54 Å². The number of hydrogen-bond acceptors (Lipinski definition) is 4. The van der Waals surface area contributed by atoms with Gasteiger partial charge >= 0.3 is 0 Å². The molecule has 0 atom stereocenters. The van der Waals surface area contributed by atoms with Crippen molar-refractivity contribution in [3.05, 3.63) is 84.9 Å². The van der Waals surface area contributed by atoms with Gasteiger partial charge in [-0.2, -0.15) is 0 Å². The molecule has 5 rings (SSSR count). The number of aryl methyl sites for hydroxylation is 1. The lowest BCUT2D eigenvalue weighted by Gasteiger charge is -2.20. The van der Waals surface area contributed by atoms with Gasteiger partial charge in [0.15, 0.2) is 0 Å². The quantitative estimate of drug-likeness (QED) is 0.284. The van der Waals surface area contributed by atoms with E-state index < -0.39 is 0 Å². The Morgan fingerprint density at radius 2 is 1.39 bits per heavy atom. The molecule has 5 heteroatoms. The van der Waals surface area contributed by atoms with Gasteiger partial charge in [0, 0.05) is 63.8 Å². The van der Waals surface area contributed by atoms with Crippen LogP contribution in [0.2, 0.25) is 0 Å². The highest BCUT2D eigenvalue weighted by Gasteiger charge is 2.13. The molecule has 33 heavy (non-hydrogen) atoms. The Bertz CT molecular complexity index is 1420. The second-order valence-electron chi connectivity index (χ2n) is 8.18. The summed E-state index contributed by atoms with van der Waals surface area (Å²) < 4.78 is 7.64. The van der Waals surface area contributed by atoms with Gasteiger partial charge in [-0.25, -0.2) is 0 Å². The van der Waals surface area contributed by atoms with Crippen molar-refractivity contribution in [2.24, 2.45) is 0 Å². The molecular weight excluding hydrogens is 408 g/mol. The number of anilines is 5. The van der Waals surface area contributed by atoms with Crippen LogP contribution in [-0.4, -0.2) is 18.7 Å². The van der Waals surface area contributed by atoms with Gasteiger partial charge in [-0.05, 0) is 91.9 Å². The first-order valence-corrected chi connectivity index (χ1v) is 11.1. The number of nitrogen functional groups attached to an aromatic ring is 1. The molecule has 0 radical (unpaired) electrons. The third kappa shape index (κ3) is 3.82. The minimum Gasteiger partial charge on any atom is -0.497 e. The van der Waals surface area contributed by atoms with Gasteiger partial charge < -0.3 is 25.3 Å². The van der Waals surface area contributed by atoms with Crippen molar-refractivity contribution >= 4 is 50.2 Å². The van der Waals surface area contributed by atoms with Crippen molar-refractivity contribution < 1.29 is 4.74 Å². The van der Waals surface area contributed by atoms with Crippen molar-refractivity contribution in [1.29, 1.82) is 0 Å². The summed E-state index contributed by atoms with van der Waals surface area (Å²) in [5, 5.41) is 6.00. The van der Waals surface area contributed by atoms with E-state index in [0.29, 0.717) is 0 Å². The summed E-state index contributed by atoms with van der Waals surface area (Å²) in [6, 6.07) is 29.2. The number of ether oxygens (including phenoxy) is 1. The largest absolute Gasteiger partial charge is 0.497 e. The number of nitrogens with zero attached hydrogens (tertiary/aromatic N) is 2. The molecule has 5 nitrogen and oxygen atoms in total. The zero-order chi connectivity index (χ0) is 22.9. The highest BCUT2D eigenvalue weighted by atomic mass is 16.5. The Balaban J connectivity index is 1.57. The van der Waals surface area contributed by atoms with Gasteiger partial charge in [0.1, 0.15) is 5.75 Å². The SMILES string of the molecule is CCn1c2ccc(Nc3ccc(OC)cc3)cc2c2cc(N(C)c3ccc(N)cc3)ccc21. The van der Waals surface area contributed by atoms with E-state index in [9.17, 15) is 0 Å². The number of fused-ring (bicyclic) bond motifs is 3. The summed E-state index contributed by atoms with van der Waals surface area (Å²) in [6.07, 6.45) is 0. The zero-order valence-electron chi connectivity index (χ0n) is 19.2. The topological polar surface area (TPSA) is 55.5 Å². The van der Waals surface area contributed by atoms with E-state index >= 15 is 0 Å². The van der Waals surface area contributed by atoms with Crippen LogP contribution in [0.3, 0.4) is 0 Å². The van der Waals surface area contributed by atoms with Gasteiger partial charge in [-0.1, -0.05) is 0 Å². The first-order valence-electron chi connectivity index (χ1n) is 11.1. The van der Waals surface area contributed by atoms with Crippen LogP contribution in [0, 0.1) is 0 Å². The molecule has 0 aliphatic carbocycles. The van der Waals surface area contributed by atoms with E-state index in [4.69, 9.17) is 10.5 Å². The third-order valence-corrected chi connectivity index (χ3v) is 6.21. The predicted molar refractivity (Wildman–Crippen MR) is 140 cm³/mol. The molecule has 0 aliphatic heterocycles. The van der Waals surface area contributed by atoms with Gasteiger partial charge in [0.05, 0.1) is 7.11 Å². The number of nitrogens with two attached hydrogens (primary N) is 1. The molecule has 1 aromatic heterocycles. The standard InChI is InChI=1S/C28H28N4O/c1-4-32-27-15-9-21(30-20-7-13-24(33-3)14-8-20)17-25(27)26-18-23(12-16-28(26)32)31(2)22-10-5-19(29)6-11-22/h5-18,30H,4,29H2,1-3H3. The zero-order valence-corrected chi connectivity index (χ0v) is 19.2. The minimum absolute atomic E-state index is 0.769. The normalized spacial score (nSPS) is 11.1. The van der Waals surface area contributed by atoms with Crippen molar-refractivity contribution in [3.63, 3.8) is 0 Å². The van der Waals surface area contributed by atoms with Crippen LogP contribution in [0.4, 0.5) is 28.4 Å². The summed E-state index contributed by atoms with van der Waals surface area (Å²) in [7, 11) is 3.77. The number of rotatable bonds is 6. The fourth-order valence-electron chi connectivity index (χ4n) is 4.41. The molecule has 0 spiro atoms. The summed E-state index contributed by atoms with van der Waals surface area (Å²) >= 11 is 0. The van der Waals surface area contributed by atoms with Crippen molar-refractivity contribution in [3.8, 4) is 5.75 Å². The van der Waals surface area contributed by atoms with Gasteiger partial charge in [0.2, 0.25) is 0 Å². The van der Waals surface area contributed by atoms with E-state index in [1.807, 2.05) is 48.5 Å². The first kappa shape index (κ1) is 20.8. The third-order valence-electron chi connectivity index (χ3n) is 6.21. The minimum atomic E-state index is 0.769. The molecule has 0 aliphatic rings. The van der Waals surface area contributed by atoms with Crippen LogP contribution < -0.4 is 20.7 Å². The number of nitrogens with one attached hydrogen (secondary N) is 1. The Morgan fingerprint density at radius 3 is 2.06 bits per heavy atom. The van der Waals surface area contributed by atoms with Crippen molar-refractivity contribution in [2.75, 3.05) is 30.1 Å². The van der Waals surface area contributed by atoms with Crippen LogP contribution in [0.1, 0.15) is 6.92 Å². The van der Waals surface area contributed by atoms with Gasteiger partial charge in [-0.15, -0.1) is 0 Å². The molecule has 0 fully saturated rings. The molecule has 0 amide bonds. The van der Waals surface area contributed by atoms with Crippen LogP contribution >= 0.6 is 0 Å². The van der Waals surface area contributed by atoms with Crippen molar-refractivity contribution in [1.82, 2.24) is 4.57 Å². The predicted octanol–water partition coefficient (Wildman–Crippen LogP) is 6.92. The number of hydrogen-bond donors (Lipinski definition) is 2.